The van der Waals surface area contributed by atoms with Gasteiger partial charge >= 0.3 is 0 Å². The summed E-state index contributed by atoms with van der Waals surface area (Å²) in [7, 11) is 0. The van der Waals surface area contributed by atoms with Crippen LogP contribution in [-0.2, 0) is 13.0 Å². The van der Waals surface area contributed by atoms with Gasteiger partial charge in [0.1, 0.15) is 24.0 Å². The van der Waals surface area contributed by atoms with E-state index in [4.69, 9.17) is 4.74 Å². The van der Waals surface area contributed by atoms with Crippen molar-refractivity contribution < 1.29 is 18.3 Å². The van der Waals surface area contributed by atoms with Crippen LogP contribution in [0.25, 0.3) is 0 Å². The summed E-state index contributed by atoms with van der Waals surface area (Å²) >= 11 is 0. The third kappa shape index (κ3) is 2.29. The summed E-state index contributed by atoms with van der Waals surface area (Å²) < 4.78 is 31.9. The largest absolute Gasteiger partial charge is 0.488 e. The van der Waals surface area contributed by atoms with Crippen molar-refractivity contribution in [3.63, 3.8) is 0 Å². The van der Waals surface area contributed by atoms with Crippen molar-refractivity contribution in [2.75, 3.05) is 0 Å². The van der Waals surface area contributed by atoms with E-state index in [0.29, 0.717) is 24.2 Å². The van der Waals surface area contributed by atoms with Gasteiger partial charge in [-0.3, -0.25) is 4.79 Å². The van der Waals surface area contributed by atoms with Crippen LogP contribution in [0.1, 0.15) is 27.9 Å². The molecule has 3 rings (SSSR count). The number of benzene rings is 2. The fourth-order valence-corrected chi connectivity index (χ4v) is 2.39. The lowest BCUT2D eigenvalue weighted by atomic mass is 10.1. The molecule has 1 aliphatic rings. The van der Waals surface area contributed by atoms with Gasteiger partial charge in [-0.15, -0.1) is 0 Å². The molecule has 0 N–H and O–H groups in total. The number of hydrogen-bond acceptors (Lipinski definition) is 2. The van der Waals surface area contributed by atoms with E-state index in [9.17, 15) is 13.6 Å². The minimum absolute atomic E-state index is 0.0107. The van der Waals surface area contributed by atoms with Crippen molar-refractivity contribution >= 4 is 5.78 Å². The zero-order chi connectivity index (χ0) is 14.1. The van der Waals surface area contributed by atoms with Gasteiger partial charge in [0.25, 0.3) is 0 Å². The fourth-order valence-electron chi connectivity index (χ4n) is 2.39. The van der Waals surface area contributed by atoms with E-state index in [2.05, 4.69) is 0 Å². The Kier molecular flexibility index (Phi) is 3.22. The Bertz CT molecular complexity index is 680. The Morgan fingerprint density at radius 2 is 1.95 bits per heavy atom. The van der Waals surface area contributed by atoms with Crippen molar-refractivity contribution in [2.24, 2.45) is 0 Å². The molecule has 0 radical (unpaired) electrons. The molecule has 0 amide bonds. The van der Waals surface area contributed by atoms with Gasteiger partial charge in [-0.05, 0) is 24.6 Å². The Labute approximate surface area is 115 Å². The second-order valence-corrected chi connectivity index (χ2v) is 4.73. The molecule has 0 aromatic heterocycles. The molecule has 0 spiro atoms. The summed E-state index contributed by atoms with van der Waals surface area (Å²) in [5.41, 5.74) is 1.84. The first-order valence-electron chi connectivity index (χ1n) is 6.37. The standard InChI is InChI=1S/C16H12F2O2/c17-11-5-4-10(14(18)8-11)9-20-16-3-1-2-12-13(16)6-7-15(12)19/h1-5,8H,6-7,9H2. The van der Waals surface area contributed by atoms with Gasteiger partial charge in [-0.1, -0.05) is 12.1 Å². The van der Waals surface area contributed by atoms with Crippen LogP contribution in [0, 0.1) is 11.6 Å². The first-order valence-corrected chi connectivity index (χ1v) is 6.37. The van der Waals surface area contributed by atoms with Crippen molar-refractivity contribution in [1.29, 1.82) is 0 Å². The smallest absolute Gasteiger partial charge is 0.163 e. The maximum atomic E-state index is 13.5. The van der Waals surface area contributed by atoms with Crippen LogP contribution in [0.3, 0.4) is 0 Å². The van der Waals surface area contributed by atoms with E-state index >= 15 is 0 Å². The van der Waals surface area contributed by atoms with Gasteiger partial charge < -0.3 is 4.74 Å². The molecule has 4 heteroatoms. The number of hydrogen-bond donors (Lipinski definition) is 0. The summed E-state index contributed by atoms with van der Waals surface area (Å²) in [4.78, 5) is 11.6. The second kappa shape index (κ2) is 5.04. The number of ketones is 1. The van der Waals surface area contributed by atoms with E-state index in [0.717, 1.165) is 11.6 Å². The van der Waals surface area contributed by atoms with Crippen LogP contribution >= 0.6 is 0 Å². The molecule has 0 saturated heterocycles. The zero-order valence-electron chi connectivity index (χ0n) is 10.7. The molecule has 0 heterocycles. The number of carbonyl (C=O) groups excluding carboxylic acids is 1. The second-order valence-electron chi connectivity index (χ2n) is 4.73. The van der Waals surface area contributed by atoms with Crippen molar-refractivity contribution in [3.05, 3.63) is 64.7 Å². The molecule has 0 atom stereocenters. The Hall–Kier alpha value is -2.23. The lowest BCUT2D eigenvalue weighted by Crippen LogP contribution is -2.01. The van der Waals surface area contributed by atoms with Crippen LogP contribution in [0.2, 0.25) is 0 Å². The molecule has 1 aliphatic carbocycles. The Morgan fingerprint density at radius 3 is 2.75 bits per heavy atom. The Morgan fingerprint density at radius 1 is 1.10 bits per heavy atom. The maximum Gasteiger partial charge on any atom is 0.163 e. The topological polar surface area (TPSA) is 26.3 Å². The average molecular weight is 274 g/mol. The van der Waals surface area contributed by atoms with Crippen LogP contribution in [-0.4, -0.2) is 5.78 Å². The zero-order valence-corrected chi connectivity index (χ0v) is 10.7. The highest BCUT2D eigenvalue weighted by Crippen LogP contribution is 2.31. The van der Waals surface area contributed by atoms with Gasteiger partial charge in [0.05, 0.1) is 0 Å². The van der Waals surface area contributed by atoms with Crippen molar-refractivity contribution in [1.82, 2.24) is 0 Å². The fraction of sp³-hybridized carbons (Fsp3) is 0.188. The monoisotopic (exact) mass is 274 g/mol. The number of halogens is 2. The van der Waals surface area contributed by atoms with Gasteiger partial charge in [-0.2, -0.15) is 0 Å². The molecule has 0 saturated carbocycles. The van der Waals surface area contributed by atoms with E-state index in [-0.39, 0.29) is 18.0 Å². The quantitative estimate of drug-likeness (QED) is 0.853. The molecule has 2 nitrogen and oxygen atoms in total. The lowest BCUT2D eigenvalue weighted by molar-refractivity contribution is 0.0994. The number of rotatable bonds is 3. The highest BCUT2D eigenvalue weighted by atomic mass is 19.1. The number of fused-ring (bicyclic) bond motifs is 1. The molecule has 0 fully saturated rings. The molecule has 2 aromatic rings. The SMILES string of the molecule is O=C1CCc2c(OCc3ccc(F)cc3F)cccc21. The van der Waals surface area contributed by atoms with Crippen LogP contribution in [0.5, 0.6) is 5.75 Å². The molecule has 0 bridgehead atoms. The third-order valence-electron chi connectivity index (χ3n) is 3.43. The minimum atomic E-state index is -0.631. The summed E-state index contributed by atoms with van der Waals surface area (Å²) in [5.74, 6) is -0.540. The first-order chi connectivity index (χ1) is 9.65. The summed E-state index contributed by atoms with van der Waals surface area (Å²) in [5, 5.41) is 0. The predicted octanol–water partition coefficient (Wildman–Crippen LogP) is 3.67. The van der Waals surface area contributed by atoms with Crippen molar-refractivity contribution in [2.45, 2.75) is 19.4 Å². The van der Waals surface area contributed by atoms with Crippen molar-refractivity contribution in [3.8, 4) is 5.75 Å². The number of ether oxygens (including phenoxy) is 1. The van der Waals surface area contributed by atoms with Gasteiger partial charge in [0, 0.05) is 29.2 Å². The molecular formula is C16H12F2O2. The Balaban J connectivity index is 1.81. The van der Waals surface area contributed by atoms with Crippen LogP contribution in [0.4, 0.5) is 8.78 Å². The van der Waals surface area contributed by atoms with Gasteiger partial charge in [0.15, 0.2) is 5.78 Å². The third-order valence-corrected chi connectivity index (χ3v) is 3.43. The molecule has 20 heavy (non-hydrogen) atoms. The van der Waals surface area contributed by atoms with E-state index in [1.54, 1.807) is 18.2 Å². The maximum absolute atomic E-state index is 13.5. The highest BCUT2D eigenvalue weighted by Gasteiger charge is 2.22. The molecular weight excluding hydrogens is 262 g/mol. The lowest BCUT2D eigenvalue weighted by Gasteiger charge is -2.10. The molecule has 2 aromatic carbocycles. The predicted molar refractivity (Wildman–Crippen MR) is 69.8 cm³/mol. The van der Waals surface area contributed by atoms with Gasteiger partial charge in [-0.25, -0.2) is 8.78 Å². The summed E-state index contributed by atoms with van der Waals surface area (Å²) in [6, 6.07) is 8.67. The summed E-state index contributed by atoms with van der Waals surface area (Å²) in [6.07, 6.45) is 1.14. The van der Waals surface area contributed by atoms with Crippen LogP contribution in [0.15, 0.2) is 36.4 Å². The normalized spacial score (nSPS) is 13.4. The highest BCUT2D eigenvalue weighted by molar-refractivity contribution is 6.01. The number of carbonyl (C=O) groups is 1. The minimum Gasteiger partial charge on any atom is -0.488 e. The number of Topliss-reactive ketones (excluding diaryl/α,β-unsaturated/α-hetero) is 1. The van der Waals surface area contributed by atoms with E-state index in [1.165, 1.54) is 12.1 Å². The molecule has 102 valence electrons. The molecule has 0 unspecified atom stereocenters. The van der Waals surface area contributed by atoms with E-state index in [1.807, 2.05) is 0 Å². The molecule has 0 aliphatic heterocycles. The van der Waals surface area contributed by atoms with E-state index < -0.39 is 11.6 Å². The summed E-state index contributed by atoms with van der Waals surface area (Å²) in [6.45, 7) is 0.0107. The van der Waals surface area contributed by atoms with Gasteiger partial charge in [0.2, 0.25) is 0 Å². The first kappa shape index (κ1) is 12.8. The van der Waals surface area contributed by atoms with Crippen LogP contribution < -0.4 is 4.74 Å². The average Bonchev–Trinajstić information content (AvgIpc) is 2.80.